The number of halogens is 4. The second-order valence-corrected chi connectivity index (χ2v) is 6.68. The topological polar surface area (TPSA) is 115 Å². The van der Waals surface area contributed by atoms with Crippen LogP contribution in [-0.4, -0.2) is 63.2 Å². The summed E-state index contributed by atoms with van der Waals surface area (Å²) in [6, 6.07) is 4.00. The molecule has 1 saturated heterocycles. The van der Waals surface area contributed by atoms with E-state index in [1.54, 1.807) is 11.4 Å². The smallest absolute Gasteiger partial charge is 0.407 e. The highest BCUT2D eigenvalue weighted by Crippen LogP contribution is 2.22. The summed E-state index contributed by atoms with van der Waals surface area (Å²) in [5.74, 6) is -0.885. The Balaban J connectivity index is 1.74. The molecule has 5 N–H and O–H groups in total. The number of anilines is 1. The molecule has 12 heteroatoms. The Hall–Kier alpha value is -2.44. The molecular formula is C18H24F4N4O4. The van der Waals surface area contributed by atoms with E-state index in [1.165, 1.54) is 12.1 Å². The molecular weight excluding hydrogens is 412 g/mol. The third kappa shape index (κ3) is 8.13. The second kappa shape index (κ2) is 11.1. The normalized spacial score (nSPS) is 19.2. The van der Waals surface area contributed by atoms with Crippen molar-refractivity contribution in [3.8, 4) is 0 Å². The highest BCUT2D eigenvalue weighted by molar-refractivity contribution is 5.92. The Morgan fingerprint density at radius 2 is 2.10 bits per heavy atom. The highest BCUT2D eigenvalue weighted by atomic mass is 19.4. The Labute approximate surface area is 170 Å². The van der Waals surface area contributed by atoms with Crippen molar-refractivity contribution in [2.75, 3.05) is 38.2 Å². The van der Waals surface area contributed by atoms with E-state index < -0.39 is 30.5 Å². The van der Waals surface area contributed by atoms with Crippen LogP contribution in [0.3, 0.4) is 0 Å². The van der Waals surface area contributed by atoms with Gasteiger partial charge < -0.3 is 31.2 Å². The summed E-state index contributed by atoms with van der Waals surface area (Å²) in [4.78, 5) is 22.7. The third-order valence-electron chi connectivity index (χ3n) is 4.31. The van der Waals surface area contributed by atoms with Gasteiger partial charge in [0.25, 0.3) is 0 Å². The number of hydrogen-bond acceptors (Lipinski definition) is 6. The van der Waals surface area contributed by atoms with E-state index in [4.69, 9.17) is 15.2 Å². The average molecular weight is 436 g/mol. The van der Waals surface area contributed by atoms with Gasteiger partial charge in [0.05, 0.1) is 25.3 Å². The Kier molecular flexibility index (Phi) is 8.81. The van der Waals surface area contributed by atoms with Gasteiger partial charge in [-0.1, -0.05) is 6.07 Å². The first-order valence-electron chi connectivity index (χ1n) is 9.27. The van der Waals surface area contributed by atoms with Crippen molar-refractivity contribution in [3.63, 3.8) is 0 Å². The molecule has 0 saturated carbocycles. The number of nitrogens with one attached hydrogen (secondary N) is 3. The van der Waals surface area contributed by atoms with E-state index in [0.717, 1.165) is 0 Å². The van der Waals surface area contributed by atoms with Crippen molar-refractivity contribution in [2.24, 2.45) is 5.73 Å². The molecule has 1 aromatic rings. The maximum Gasteiger partial charge on any atom is 0.407 e. The minimum Gasteiger partial charge on any atom is -0.448 e. The van der Waals surface area contributed by atoms with Gasteiger partial charge in [-0.3, -0.25) is 4.79 Å². The Morgan fingerprint density at radius 3 is 2.73 bits per heavy atom. The molecule has 0 spiro atoms. The molecule has 1 aromatic carbocycles. The van der Waals surface area contributed by atoms with Crippen LogP contribution in [0.4, 0.5) is 28.0 Å². The number of rotatable bonds is 8. The van der Waals surface area contributed by atoms with Crippen LogP contribution in [0.1, 0.15) is 12.0 Å². The van der Waals surface area contributed by atoms with Crippen LogP contribution in [0.2, 0.25) is 0 Å². The molecule has 1 aliphatic rings. The quantitative estimate of drug-likeness (QED) is 0.457. The molecule has 1 fully saturated rings. The van der Waals surface area contributed by atoms with Crippen LogP contribution in [0, 0.1) is 5.82 Å². The first-order valence-corrected chi connectivity index (χ1v) is 9.27. The standard InChI is InChI=1S/C18H24F4N4O4/c19-14-2-1-3-15(26-16(27)6-23)13(14)5-4-12-7-24-11(8-29-12)9-30-17(28)25-10-18(20,21)22/h1-3,11-12,24H,4-10,23H2,(H,25,28)(H,26,27)/t11-,12+/m0/s1. The molecule has 30 heavy (non-hydrogen) atoms. The van der Waals surface area contributed by atoms with Gasteiger partial charge in [-0.05, 0) is 25.0 Å². The minimum absolute atomic E-state index is 0.154. The molecule has 0 unspecified atom stereocenters. The fourth-order valence-electron chi connectivity index (χ4n) is 2.80. The molecule has 2 rings (SSSR count). The first-order chi connectivity index (χ1) is 14.2. The van der Waals surface area contributed by atoms with Crippen LogP contribution >= 0.6 is 0 Å². The van der Waals surface area contributed by atoms with E-state index in [2.05, 4.69) is 10.6 Å². The number of amides is 2. The van der Waals surface area contributed by atoms with Crippen LogP contribution < -0.4 is 21.7 Å². The molecule has 0 radical (unpaired) electrons. The van der Waals surface area contributed by atoms with Crippen molar-refractivity contribution < 1.29 is 36.6 Å². The van der Waals surface area contributed by atoms with Crippen molar-refractivity contribution in [1.29, 1.82) is 0 Å². The summed E-state index contributed by atoms with van der Waals surface area (Å²) < 4.78 is 60.6. The van der Waals surface area contributed by atoms with E-state index >= 15 is 0 Å². The van der Waals surface area contributed by atoms with Crippen molar-refractivity contribution >= 4 is 17.7 Å². The molecule has 1 heterocycles. The predicted molar refractivity (Wildman–Crippen MR) is 99.3 cm³/mol. The van der Waals surface area contributed by atoms with Crippen molar-refractivity contribution in [2.45, 2.75) is 31.2 Å². The van der Waals surface area contributed by atoms with E-state index in [0.29, 0.717) is 30.6 Å². The van der Waals surface area contributed by atoms with Gasteiger partial charge in [-0.25, -0.2) is 9.18 Å². The van der Waals surface area contributed by atoms with Gasteiger partial charge in [0.15, 0.2) is 0 Å². The lowest BCUT2D eigenvalue weighted by Gasteiger charge is -2.30. The lowest BCUT2D eigenvalue weighted by Crippen LogP contribution is -2.49. The van der Waals surface area contributed by atoms with Gasteiger partial charge in [0.1, 0.15) is 19.0 Å². The summed E-state index contributed by atoms with van der Waals surface area (Å²) >= 11 is 0. The van der Waals surface area contributed by atoms with E-state index in [9.17, 15) is 27.2 Å². The van der Waals surface area contributed by atoms with Crippen LogP contribution in [0.5, 0.6) is 0 Å². The van der Waals surface area contributed by atoms with E-state index in [1.807, 2.05) is 0 Å². The lowest BCUT2D eigenvalue weighted by molar-refractivity contribution is -0.124. The maximum absolute atomic E-state index is 14.2. The fourth-order valence-corrected chi connectivity index (χ4v) is 2.80. The number of nitrogens with two attached hydrogens (primary N) is 1. The number of benzene rings is 1. The number of alkyl carbamates (subject to hydrolysis) is 1. The Bertz CT molecular complexity index is 725. The van der Waals surface area contributed by atoms with Gasteiger partial charge in [-0.15, -0.1) is 0 Å². The number of carbonyl (C=O) groups is 2. The molecule has 2 atom stereocenters. The molecule has 1 aliphatic heterocycles. The van der Waals surface area contributed by atoms with Crippen molar-refractivity contribution in [1.82, 2.24) is 10.6 Å². The summed E-state index contributed by atoms with van der Waals surface area (Å²) in [6.45, 7) is -1.28. The molecule has 0 aliphatic carbocycles. The lowest BCUT2D eigenvalue weighted by atomic mass is 10.0. The summed E-state index contributed by atoms with van der Waals surface area (Å²) in [6.07, 6.45) is -5.16. The second-order valence-electron chi connectivity index (χ2n) is 6.68. The molecule has 8 nitrogen and oxygen atoms in total. The van der Waals surface area contributed by atoms with E-state index in [-0.39, 0.29) is 31.9 Å². The van der Waals surface area contributed by atoms with Gasteiger partial charge in [-0.2, -0.15) is 13.2 Å². The zero-order chi connectivity index (χ0) is 22.1. The average Bonchev–Trinajstić information content (AvgIpc) is 2.70. The summed E-state index contributed by atoms with van der Waals surface area (Å²) in [7, 11) is 0. The molecule has 2 amide bonds. The molecule has 0 aromatic heterocycles. The number of morpholine rings is 1. The summed E-state index contributed by atoms with van der Waals surface area (Å²) in [5, 5.41) is 7.24. The zero-order valence-corrected chi connectivity index (χ0v) is 16.1. The van der Waals surface area contributed by atoms with Crippen LogP contribution in [-0.2, 0) is 20.7 Å². The minimum atomic E-state index is -4.51. The first kappa shape index (κ1) is 23.8. The molecule has 0 bridgehead atoms. The SMILES string of the molecule is NCC(=O)Nc1cccc(F)c1CC[C@@H]1CN[C@H](COC(=O)NCC(F)(F)F)CO1. The number of alkyl halides is 3. The van der Waals surface area contributed by atoms with Crippen LogP contribution in [0.25, 0.3) is 0 Å². The van der Waals surface area contributed by atoms with Gasteiger partial charge >= 0.3 is 12.3 Å². The number of hydrogen-bond donors (Lipinski definition) is 4. The monoisotopic (exact) mass is 436 g/mol. The number of carbonyl (C=O) groups excluding carboxylic acids is 2. The Morgan fingerprint density at radius 1 is 1.33 bits per heavy atom. The fraction of sp³-hybridized carbons (Fsp3) is 0.556. The largest absolute Gasteiger partial charge is 0.448 e. The molecule has 168 valence electrons. The van der Waals surface area contributed by atoms with Crippen molar-refractivity contribution in [3.05, 3.63) is 29.6 Å². The third-order valence-corrected chi connectivity index (χ3v) is 4.31. The predicted octanol–water partition coefficient (Wildman–Crippen LogP) is 1.30. The number of ether oxygens (including phenoxy) is 2. The zero-order valence-electron chi connectivity index (χ0n) is 16.1. The van der Waals surface area contributed by atoms with Crippen LogP contribution in [0.15, 0.2) is 18.2 Å². The summed E-state index contributed by atoms with van der Waals surface area (Å²) in [5.41, 5.74) is 5.97. The highest BCUT2D eigenvalue weighted by Gasteiger charge is 2.28. The van der Waals surface area contributed by atoms with Gasteiger partial charge in [0.2, 0.25) is 5.91 Å². The maximum atomic E-state index is 14.2. The van der Waals surface area contributed by atoms with Gasteiger partial charge in [0, 0.05) is 17.8 Å².